The van der Waals surface area contributed by atoms with Crippen LogP contribution < -0.4 is 11.2 Å². The molecule has 0 aromatic carbocycles. The number of carbonyl (C=O) groups is 3. The number of pyridine rings is 1. The zero-order chi connectivity index (χ0) is 35.4. The van der Waals surface area contributed by atoms with Gasteiger partial charge in [-0.05, 0) is 68.6 Å². The first-order valence-corrected chi connectivity index (χ1v) is 11.1. The van der Waals surface area contributed by atoms with Gasteiger partial charge in [0.2, 0.25) is 16.6 Å². The van der Waals surface area contributed by atoms with Gasteiger partial charge in [-0.1, -0.05) is 5.57 Å². The Morgan fingerprint density at radius 2 is 1.18 bits per heavy atom. The monoisotopic (exact) mass is 683 g/mol. The number of hydrogen-bond acceptors (Lipinski definition) is 7. The number of ether oxygens (including phenoxy) is 1. The summed E-state index contributed by atoms with van der Waals surface area (Å²) in [5.41, 5.74) is -1.26. The number of H-pyrrole nitrogens is 1. The maximum Gasteiger partial charge on any atom is 0.491 e. The number of aryl methyl sites for hydroxylation is 2. The van der Waals surface area contributed by atoms with E-state index in [1.165, 1.54) is 19.9 Å². The third-order valence-electron chi connectivity index (χ3n) is 3.54. The van der Waals surface area contributed by atoms with E-state index in [4.69, 9.17) is 11.6 Å². The average Bonchev–Trinajstić information content (AvgIpc) is 2.75. The summed E-state index contributed by atoms with van der Waals surface area (Å²) in [7, 11) is 0. The molecule has 0 fully saturated rings. The summed E-state index contributed by atoms with van der Waals surface area (Å²) in [5.74, 6) is -7.66. The van der Waals surface area contributed by atoms with Gasteiger partial charge in [0.05, 0.1) is 0 Å². The fraction of sp³-hybridized carbons (Fsp3) is 0.348. The summed E-state index contributed by atoms with van der Waals surface area (Å²) in [6.45, 7) is 6.47. The van der Waals surface area contributed by atoms with Crippen LogP contribution in [0.15, 0.2) is 49.9 Å². The molecular formula is C23H18ClF12NO7. The van der Waals surface area contributed by atoms with Crippen LogP contribution in [0.4, 0.5) is 52.7 Å². The highest BCUT2D eigenvalue weighted by atomic mass is 35.5. The molecule has 2 rings (SSSR count). The molecule has 0 unspecified atom stereocenters. The number of esters is 2. The molecule has 2 aromatic rings. The number of rotatable bonds is 1. The molecule has 2 heterocycles. The van der Waals surface area contributed by atoms with Crippen LogP contribution in [-0.4, -0.2) is 34.5 Å². The minimum Gasteiger partial charge on any atom is -0.418 e. The Kier molecular flexibility index (Phi) is 15.9. The molecule has 0 atom stereocenters. The van der Waals surface area contributed by atoms with Crippen LogP contribution in [0.5, 0.6) is 0 Å². The van der Waals surface area contributed by atoms with Crippen molar-refractivity contribution in [1.82, 2.24) is 4.98 Å². The summed E-state index contributed by atoms with van der Waals surface area (Å²) >= 11 is 4.96. The molecule has 0 aliphatic heterocycles. The molecule has 8 nitrogen and oxygen atoms in total. The molecule has 21 heteroatoms. The Bertz CT molecular complexity index is 1340. The van der Waals surface area contributed by atoms with E-state index in [0.29, 0.717) is 5.56 Å². The maximum absolute atomic E-state index is 12.0. The summed E-state index contributed by atoms with van der Waals surface area (Å²) in [6.07, 6.45) is -18.9. The predicted octanol–water partition coefficient (Wildman–Crippen LogP) is 6.57. The topological polar surface area (TPSA) is 124 Å². The highest BCUT2D eigenvalue weighted by Crippen LogP contribution is 2.28. The van der Waals surface area contributed by atoms with Gasteiger partial charge in [0.15, 0.2) is 0 Å². The fourth-order valence-corrected chi connectivity index (χ4v) is 2.22. The van der Waals surface area contributed by atoms with Gasteiger partial charge in [-0.2, -0.15) is 52.7 Å². The lowest BCUT2D eigenvalue weighted by atomic mass is 10.2. The molecule has 0 aliphatic carbocycles. The second-order valence-electron chi connectivity index (χ2n) is 7.95. The van der Waals surface area contributed by atoms with Crippen LogP contribution in [0.2, 0.25) is 0 Å². The van der Waals surface area contributed by atoms with Crippen LogP contribution in [0.1, 0.15) is 36.4 Å². The van der Waals surface area contributed by atoms with E-state index in [1.54, 1.807) is 4.98 Å². The van der Waals surface area contributed by atoms with Gasteiger partial charge in [0.25, 0.3) is 0 Å². The van der Waals surface area contributed by atoms with Crippen LogP contribution in [-0.2, 0) is 31.5 Å². The number of nitrogens with one attached hydrogen (secondary N) is 1. The minimum atomic E-state index is -5.62. The largest absolute Gasteiger partial charge is 0.491 e. The summed E-state index contributed by atoms with van der Waals surface area (Å²) in [6, 6.07) is 3.77. The Balaban J connectivity index is 0. The molecule has 2 aromatic heterocycles. The van der Waals surface area contributed by atoms with Crippen LogP contribution in [0.3, 0.4) is 0 Å². The van der Waals surface area contributed by atoms with Crippen molar-refractivity contribution in [2.24, 2.45) is 0 Å². The van der Waals surface area contributed by atoms with Crippen LogP contribution >= 0.6 is 11.6 Å². The molecule has 44 heavy (non-hydrogen) atoms. The van der Waals surface area contributed by atoms with Crippen molar-refractivity contribution in [3.05, 3.63) is 79.3 Å². The lowest BCUT2D eigenvalue weighted by Gasteiger charge is -2.06. The number of aromatic nitrogens is 1. The number of aromatic amines is 1. The summed E-state index contributed by atoms with van der Waals surface area (Å²) in [5, 5.41) is -0.403. The molecule has 0 spiro atoms. The van der Waals surface area contributed by atoms with Gasteiger partial charge in [0.1, 0.15) is 5.69 Å². The molecule has 0 bridgehead atoms. The van der Waals surface area contributed by atoms with Gasteiger partial charge in [-0.25, -0.2) is 14.4 Å². The SMILES string of the molecule is CC(C)=CC(=O)Cl.Cc1cc(C(F)(F)F)[nH]c(=O)c1.Cc1cc(C(F)(F)F)oc(=O)c1.O=C(OC(=O)C(F)(F)F)C(F)(F)F. The Morgan fingerprint density at radius 3 is 1.45 bits per heavy atom. The van der Waals surface area contributed by atoms with Crippen molar-refractivity contribution in [2.75, 3.05) is 0 Å². The fourth-order valence-electron chi connectivity index (χ4n) is 2.00. The first-order valence-electron chi connectivity index (χ1n) is 10.7. The van der Waals surface area contributed by atoms with Crippen LogP contribution in [0, 0.1) is 13.8 Å². The third kappa shape index (κ3) is 19.2. The van der Waals surface area contributed by atoms with Gasteiger partial charge < -0.3 is 14.1 Å². The van der Waals surface area contributed by atoms with Gasteiger partial charge in [0, 0.05) is 12.1 Å². The average molecular weight is 684 g/mol. The Morgan fingerprint density at radius 1 is 0.750 bits per heavy atom. The lowest BCUT2D eigenvalue weighted by molar-refractivity contribution is -0.221. The highest BCUT2D eigenvalue weighted by molar-refractivity contribution is 6.66. The molecule has 0 saturated carbocycles. The van der Waals surface area contributed by atoms with E-state index in [1.807, 2.05) is 13.8 Å². The van der Waals surface area contributed by atoms with E-state index in [2.05, 4.69) is 9.15 Å². The van der Waals surface area contributed by atoms with Crippen molar-refractivity contribution in [2.45, 2.75) is 52.4 Å². The molecule has 248 valence electrons. The normalized spacial score (nSPS) is 11.3. The van der Waals surface area contributed by atoms with E-state index in [0.717, 1.165) is 29.8 Å². The third-order valence-corrected chi connectivity index (χ3v) is 3.65. The lowest BCUT2D eigenvalue weighted by Crippen LogP contribution is -2.34. The standard InChI is InChI=1S/C7H6F3NO.C7H5F3O2.C5H7ClO.C4F6O3/c1-4-2-5(7(8,9)10)11-6(12)3-4;1-4-2-5(7(8,9)10)12-6(11)3-4;1-4(2)3-5(6)7;5-3(6,7)1(11)13-2(12)4(8,9)10/h2-3H,1H3,(H,11,12);2-3H,1H3;3H,1-2H3;. The second kappa shape index (κ2) is 16.7. The Hall–Kier alpha value is -4.10. The molecule has 0 aliphatic rings. The second-order valence-corrected chi connectivity index (χ2v) is 8.32. The maximum atomic E-state index is 12.0. The number of halogens is 13. The molecule has 0 saturated heterocycles. The highest BCUT2D eigenvalue weighted by Gasteiger charge is 2.49. The number of carbonyl (C=O) groups excluding carboxylic acids is 3. The van der Waals surface area contributed by atoms with E-state index >= 15 is 0 Å². The molecular weight excluding hydrogens is 666 g/mol. The van der Waals surface area contributed by atoms with E-state index < -0.39 is 64.5 Å². The number of hydrogen-bond donors (Lipinski definition) is 1. The first kappa shape index (κ1) is 42.0. The van der Waals surface area contributed by atoms with Crippen molar-refractivity contribution < 1.29 is 76.2 Å². The van der Waals surface area contributed by atoms with Crippen molar-refractivity contribution in [1.29, 1.82) is 0 Å². The quantitative estimate of drug-likeness (QED) is 0.119. The summed E-state index contributed by atoms with van der Waals surface area (Å²) < 4.78 is 145. The van der Waals surface area contributed by atoms with Gasteiger partial charge in [-0.3, -0.25) is 9.59 Å². The van der Waals surface area contributed by atoms with Crippen molar-refractivity contribution >= 4 is 28.8 Å². The number of allylic oxidation sites excluding steroid dienone is 2. The zero-order valence-corrected chi connectivity index (χ0v) is 22.9. The van der Waals surface area contributed by atoms with Crippen molar-refractivity contribution in [3.8, 4) is 0 Å². The smallest absolute Gasteiger partial charge is 0.418 e. The first-order chi connectivity index (χ1) is 19.5. The predicted molar refractivity (Wildman–Crippen MR) is 125 cm³/mol. The molecule has 1 N–H and O–H groups in total. The minimum absolute atomic E-state index is 0.235. The molecule has 0 amide bonds. The summed E-state index contributed by atoms with van der Waals surface area (Å²) in [4.78, 5) is 52.1. The van der Waals surface area contributed by atoms with E-state index in [-0.39, 0.29) is 5.56 Å². The van der Waals surface area contributed by atoms with Crippen molar-refractivity contribution in [3.63, 3.8) is 0 Å². The van der Waals surface area contributed by atoms with Gasteiger partial charge >= 0.3 is 42.3 Å². The van der Waals surface area contributed by atoms with E-state index in [9.17, 15) is 76.7 Å². The zero-order valence-electron chi connectivity index (χ0n) is 22.2. The Labute approximate surface area is 242 Å². The number of alkyl halides is 12. The molecule has 0 radical (unpaired) electrons. The van der Waals surface area contributed by atoms with Gasteiger partial charge in [-0.15, -0.1) is 0 Å². The van der Waals surface area contributed by atoms with Crippen LogP contribution in [0.25, 0.3) is 0 Å².